The number of benzene rings is 1. The van der Waals surface area contributed by atoms with Crippen LogP contribution in [-0.2, 0) is 5.75 Å². The molecule has 0 N–H and O–H groups in total. The second-order valence-electron chi connectivity index (χ2n) is 5.99. The Hall–Kier alpha value is -0.430. The van der Waals surface area contributed by atoms with E-state index in [1.165, 1.54) is 11.1 Å². The maximum absolute atomic E-state index is 4.29. The molecular formula is C15H24S. The van der Waals surface area contributed by atoms with Gasteiger partial charge in [0, 0.05) is 5.75 Å². The van der Waals surface area contributed by atoms with Crippen molar-refractivity contribution in [3.63, 3.8) is 0 Å². The quantitative estimate of drug-likeness (QED) is 0.709. The lowest BCUT2D eigenvalue weighted by Gasteiger charge is -2.34. The van der Waals surface area contributed by atoms with E-state index in [1.807, 2.05) is 0 Å². The van der Waals surface area contributed by atoms with Gasteiger partial charge >= 0.3 is 0 Å². The fourth-order valence-electron chi connectivity index (χ4n) is 2.72. The smallest absolute Gasteiger partial charge is 0.0154 e. The standard InChI is InChI=1S/C15H24S/c1-11(2)14(15(3,4)5)13-8-6-12(10-16)7-9-13/h6-9,11,14,16H,10H2,1-5H3. The predicted octanol–water partition coefficient (Wildman–Crippen LogP) is 4.90. The van der Waals surface area contributed by atoms with E-state index in [2.05, 4.69) is 71.5 Å². The van der Waals surface area contributed by atoms with E-state index in [0.29, 0.717) is 17.3 Å². The highest BCUT2D eigenvalue weighted by molar-refractivity contribution is 7.79. The molecule has 1 aromatic carbocycles. The molecule has 1 heteroatoms. The minimum Gasteiger partial charge on any atom is -0.175 e. The lowest BCUT2D eigenvalue weighted by molar-refractivity contribution is 0.258. The Morgan fingerprint density at radius 2 is 1.56 bits per heavy atom. The SMILES string of the molecule is CC(C)C(c1ccc(CS)cc1)C(C)(C)C. The fraction of sp³-hybridized carbons (Fsp3) is 0.600. The zero-order valence-electron chi connectivity index (χ0n) is 11.1. The maximum Gasteiger partial charge on any atom is 0.0154 e. The monoisotopic (exact) mass is 236 g/mol. The van der Waals surface area contributed by atoms with Crippen molar-refractivity contribution in [2.45, 2.75) is 46.3 Å². The van der Waals surface area contributed by atoms with Crippen molar-refractivity contribution in [1.82, 2.24) is 0 Å². The van der Waals surface area contributed by atoms with Crippen molar-refractivity contribution in [2.75, 3.05) is 0 Å². The maximum atomic E-state index is 4.29. The van der Waals surface area contributed by atoms with E-state index in [4.69, 9.17) is 0 Å². The molecule has 0 aromatic heterocycles. The first-order chi connectivity index (χ1) is 7.36. The molecule has 0 aliphatic carbocycles. The molecule has 0 spiro atoms. The van der Waals surface area contributed by atoms with Crippen LogP contribution in [0.1, 0.15) is 51.7 Å². The van der Waals surface area contributed by atoms with Crippen molar-refractivity contribution in [3.8, 4) is 0 Å². The zero-order valence-corrected chi connectivity index (χ0v) is 12.0. The van der Waals surface area contributed by atoms with Crippen LogP contribution in [0.3, 0.4) is 0 Å². The summed E-state index contributed by atoms with van der Waals surface area (Å²) < 4.78 is 0. The fourth-order valence-corrected chi connectivity index (χ4v) is 2.93. The first kappa shape index (κ1) is 13.6. The summed E-state index contributed by atoms with van der Waals surface area (Å²) in [6, 6.07) is 8.93. The average Bonchev–Trinajstić information content (AvgIpc) is 2.16. The molecule has 0 radical (unpaired) electrons. The largest absolute Gasteiger partial charge is 0.175 e. The minimum absolute atomic E-state index is 0.316. The third kappa shape index (κ3) is 3.28. The molecule has 16 heavy (non-hydrogen) atoms. The minimum atomic E-state index is 0.316. The Labute approximate surface area is 106 Å². The third-order valence-corrected chi connectivity index (χ3v) is 3.49. The van der Waals surface area contributed by atoms with Gasteiger partial charge in [-0.05, 0) is 28.4 Å². The third-order valence-electron chi connectivity index (χ3n) is 3.12. The molecule has 1 aromatic rings. The van der Waals surface area contributed by atoms with Crippen LogP contribution in [0.4, 0.5) is 0 Å². The van der Waals surface area contributed by atoms with Crippen molar-refractivity contribution >= 4 is 12.6 Å². The van der Waals surface area contributed by atoms with Crippen molar-refractivity contribution < 1.29 is 0 Å². The highest BCUT2D eigenvalue weighted by atomic mass is 32.1. The van der Waals surface area contributed by atoms with Crippen molar-refractivity contribution in [2.24, 2.45) is 11.3 Å². The summed E-state index contributed by atoms with van der Waals surface area (Å²) in [7, 11) is 0. The zero-order chi connectivity index (χ0) is 12.3. The molecule has 1 unspecified atom stereocenters. The van der Waals surface area contributed by atoms with Crippen LogP contribution in [-0.4, -0.2) is 0 Å². The Morgan fingerprint density at radius 3 is 1.88 bits per heavy atom. The number of hydrogen-bond acceptors (Lipinski definition) is 1. The summed E-state index contributed by atoms with van der Waals surface area (Å²) in [4.78, 5) is 0. The molecule has 0 fully saturated rings. The first-order valence-electron chi connectivity index (χ1n) is 6.06. The summed E-state index contributed by atoms with van der Waals surface area (Å²) in [6.45, 7) is 11.6. The van der Waals surface area contributed by atoms with Crippen LogP contribution >= 0.6 is 12.6 Å². The Kier molecular flexibility index (Phi) is 4.49. The van der Waals surface area contributed by atoms with Gasteiger partial charge in [0.05, 0.1) is 0 Å². The van der Waals surface area contributed by atoms with Gasteiger partial charge in [0.2, 0.25) is 0 Å². The van der Waals surface area contributed by atoms with Gasteiger partial charge in [0.1, 0.15) is 0 Å². The van der Waals surface area contributed by atoms with Crippen molar-refractivity contribution in [3.05, 3.63) is 35.4 Å². The van der Waals surface area contributed by atoms with Gasteiger partial charge in [-0.15, -0.1) is 0 Å². The molecule has 0 saturated heterocycles. The van der Waals surface area contributed by atoms with E-state index < -0.39 is 0 Å². The van der Waals surface area contributed by atoms with E-state index in [1.54, 1.807) is 0 Å². The molecule has 0 aliphatic heterocycles. The topological polar surface area (TPSA) is 0 Å². The molecule has 0 amide bonds. The second kappa shape index (κ2) is 5.27. The van der Waals surface area contributed by atoms with Crippen LogP contribution in [0.2, 0.25) is 0 Å². The van der Waals surface area contributed by atoms with E-state index in [-0.39, 0.29) is 0 Å². The summed E-state index contributed by atoms with van der Waals surface area (Å²) in [6.07, 6.45) is 0. The Bertz CT molecular complexity index is 316. The van der Waals surface area contributed by atoms with Gasteiger partial charge in [-0.1, -0.05) is 58.9 Å². The molecule has 90 valence electrons. The van der Waals surface area contributed by atoms with Crippen LogP contribution < -0.4 is 0 Å². The van der Waals surface area contributed by atoms with Crippen LogP contribution in [0, 0.1) is 11.3 Å². The summed E-state index contributed by atoms with van der Waals surface area (Å²) >= 11 is 4.29. The van der Waals surface area contributed by atoms with E-state index >= 15 is 0 Å². The summed E-state index contributed by atoms with van der Waals surface area (Å²) in [5.41, 5.74) is 3.06. The Morgan fingerprint density at radius 1 is 1.06 bits per heavy atom. The number of thiol groups is 1. The van der Waals surface area contributed by atoms with Gasteiger partial charge in [-0.3, -0.25) is 0 Å². The molecule has 0 saturated carbocycles. The summed E-state index contributed by atoms with van der Waals surface area (Å²) in [5.74, 6) is 2.10. The number of rotatable bonds is 3. The molecule has 0 nitrogen and oxygen atoms in total. The van der Waals surface area contributed by atoms with Crippen LogP contribution in [0.15, 0.2) is 24.3 Å². The van der Waals surface area contributed by atoms with Gasteiger partial charge < -0.3 is 0 Å². The highest BCUT2D eigenvalue weighted by Crippen LogP contribution is 2.40. The summed E-state index contributed by atoms with van der Waals surface area (Å²) in [5, 5.41) is 0. The molecule has 1 atom stereocenters. The highest BCUT2D eigenvalue weighted by Gasteiger charge is 2.28. The van der Waals surface area contributed by atoms with Crippen LogP contribution in [0.5, 0.6) is 0 Å². The molecule has 0 aliphatic rings. The second-order valence-corrected chi connectivity index (χ2v) is 6.30. The average molecular weight is 236 g/mol. The van der Waals surface area contributed by atoms with Gasteiger partial charge in [0.25, 0.3) is 0 Å². The van der Waals surface area contributed by atoms with Crippen molar-refractivity contribution in [1.29, 1.82) is 0 Å². The van der Waals surface area contributed by atoms with Gasteiger partial charge in [0.15, 0.2) is 0 Å². The Balaban J connectivity index is 3.03. The van der Waals surface area contributed by atoms with Gasteiger partial charge in [-0.2, -0.15) is 12.6 Å². The lowest BCUT2D eigenvalue weighted by atomic mass is 9.70. The van der Waals surface area contributed by atoms with Gasteiger partial charge in [-0.25, -0.2) is 0 Å². The van der Waals surface area contributed by atoms with E-state index in [9.17, 15) is 0 Å². The van der Waals surface area contributed by atoms with E-state index in [0.717, 1.165) is 5.75 Å². The molecular weight excluding hydrogens is 212 g/mol. The normalized spacial score (nSPS) is 14.2. The van der Waals surface area contributed by atoms with Crippen LogP contribution in [0.25, 0.3) is 0 Å². The predicted molar refractivity (Wildman–Crippen MR) is 76.2 cm³/mol. The lowest BCUT2D eigenvalue weighted by Crippen LogP contribution is -2.23. The number of hydrogen-bond donors (Lipinski definition) is 1. The molecule has 0 heterocycles. The molecule has 0 bridgehead atoms. The molecule has 1 rings (SSSR count). The first-order valence-corrected chi connectivity index (χ1v) is 6.69.